The Kier molecular flexibility index (Phi) is 8.42. The van der Waals surface area contributed by atoms with Gasteiger partial charge in [-0.2, -0.15) is 0 Å². The molecule has 0 bridgehead atoms. The van der Waals surface area contributed by atoms with Crippen LogP contribution in [0.5, 0.6) is 11.5 Å². The van der Waals surface area contributed by atoms with Gasteiger partial charge in [-0.3, -0.25) is 4.79 Å². The van der Waals surface area contributed by atoms with Gasteiger partial charge in [-0.05, 0) is 69.4 Å². The first-order chi connectivity index (χ1) is 17.1. The molecule has 4 rings (SSSR count). The maximum absolute atomic E-state index is 12.6. The van der Waals surface area contributed by atoms with Gasteiger partial charge in [-0.15, -0.1) is 0 Å². The van der Waals surface area contributed by atoms with E-state index in [1.54, 1.807) is 7.11 Å². The lowest BCUT2D eigenvalue weighted by molar-refractivity contribution is -0.130. The normalized spacial score (nSPS) is 16.6. The summed E-state index contributed by atoms with van der Waals surface area (Å²) in [6.07, 6.45) is 7.18. The van der Waals surface area contributed by atoms with Gasteiger partial charge in [0.05, 0.1) is 30.8 Å². The molecule has 0 radical (unpaired) electrons. The SMILES string of the molecule is C/C=C/c1ccc(OCCCCn2c(C(C)NC(=O)C3CCCO3)nc3ccccc32)c(OC)c1. The molecule has 1 fully saturated rings. The summed E-state index contributed by atoms with van der Waals surface area (Å²) in [5, 5.41) is 3.10. The van der Waals surface area contributed by atoms with Gasteiger partial charge in [0.2, 0.25) is 5.91 Å². The van der Waals surface area contributed by atoms with Crippen LogP contribution in [0.3, 0.4) is 0 Å². The van der Waals surface area contributed by atoms with Crippen molar-refractivity contribution < 1.29 is 19.0 Å². The number of hydrogen-bond acceptors (Lipinski definition) is 5. The summed E-state index contributed by atoms with van der Waals surface area (Å²) >= 11 is 0. The van der Waals surface area contributed by atoms with Crippen LogP contribution >= 0.6 is 0 Å². The molecule has 1 aromatic heterocycles. The Labute approximate surface area is 207 Å². The molecule has 7 heteroatoms. The number of hydrogen-bond donors (Lipinski definition) is 1. The molecule has 2 atom stereocenters. The second-order valence-corrected chi connectivity index (χ2v) is 8.81. The monoisotopic (exact) mass is 477 g/mol. The van der Waals surface area contributed by atoms with Gasteiger partial charge in [0, 0.05) is 13.2 Å². The number of amides is 1. The van der Waals surface area contributed by atoms with Gasteiger partial charge in [0.15, 0.2) is 11.5 Å². The number of imidazole rings is 1. The van der Waals surface area contributed by atoms with Crippen molar-refractivity contribution in [1.82, 2.24) is 14.9 Å². The molecule has 35 heavy (non-hydrogen) atoms. The molecule has 2 aromatic carbocycles. The van der Waals surface area contributed by atoms with Gasteiger partial charge in [-0.25, -0.2) is 4.98 Å². The summed E-state index contributed by atoms with van der Waals surface area (Å²) in [5.41, 5.74) is 3.09. The first-order valence-electron chi connectivity index (χ1n) is 12.4. The predicted octanol–water partition coefficient (Wildman–Crippen LogP) is 5.29. The molecule has 1 aliphatic heterocycles. The molecular weight excluding hydrogens is 442 g/mol. The third kappa shape index (κ3) is 6.03. The van der Waals surface area contributed by atoms with Gasteiger partial charge >= 0.3 is 0 Å². The Balaban J connectivity index is 1.38. The van der Waals surface area contributed by atoms with E-state index in [1.807, 2.05) is 62.4 Å². The lowest BCUT2D eigenvalue weighted by Crippen LogP contribution is -2.36. The van der Waals surface area contributed by atoms with Gasteiger partial charge in [0.25, 0.3) is 0 Å². The highest BCUT2D eigenvalue weighted by molar-refractivity contribution is 5.81. The zero-order valence-corrected chi connectivity index (χ0v) is 20.8. The number of fused-ring (bicyclic) bond motifs is 1. The summed E-state index contributed by atoms with van der Waals surface area (Å²) in [6, 6.07) is 13.8. The zero-order valence-electron chi connectivity index (χ0n) is 20.8. The molecule has 186 valence electrons. The Bertz CT molecular complexity index is 1160. The minimum Gasteiger partial charge on any atom is -0.493 e. The van der Waals surface area contributed by atoms with Crippen molar-refractivity contribution in [1.29, 1.82) is 0 Å². The van der Waals surface area contributed by atoms with Crippen molar-refractivity contribution in [2.45, 2.75) is 58.2 Å². The highest BCUT2D eigenvalue weighted by Crippen LogP contribution is 2.29. The summed E-state index contributed by atoms with van der Waals surface area (Å²) in [4.78, 5) is 17.4. The average Bonchev–Trinajstić information content (AvgIpc) is 3.53. The first kappa shape index (κ1) is 24.8. The minimum atomic E-state index is -0.350. The number of carbonyl (C=O) groups is 1. The Hall–Kier alpha value is -3.32. The first-order valence-corrected chi connectivity index (χ1v) is 12.4. The number of allylic oxidation sites excluding steroid dienone is 1. The van der Waals surface area contributed by atoms with E-state index in [1.165, 1.54) is 0 Å². The smallest absolute Gasteiger partial charge is 0.249 e. The van der Waals surface area contributed by atoms with E-state index in [9.17, 15) is 4.79 Å². The highest BCUT2D eigenvalue weighted by atomic mass is 16.5. The second-order valence-electron chi connectivity index (χ2n) is 8.81. The number of aryl methyl sites for hydroxylation is 1. The molecule has 2 heterocycles. The second kappa shape index (κ2) is 11.9. The number of aromatic nitrogens is 2. The lowest BCUT2D eigenvalue weighted by atomic mass is 10.2. The van der Waals surface area contributed by atoms with Crippen molar-refractivity contribution in [3.8, 4) is 11.5 Å². The van der Waals surface area contributed by atoms with Crippen LogP contribution in [-0.4, -0.2) is 41.9 Å². The summed E-state index contributed by atoms with van der Waals surface area (Å²) in [5.74, 6) is 2.29. The quantitative estimate of drug-likeness (QED) is 0.380. The fourth-order valence-corrected chi connectivity index (χ4v) is 4.47. The highest BCUT2D eigenvalue weighted by Gasteiger charge is 2.26. The molecule has 7 nitrogen and oxygen atoms in total. The van der Waals surface area contributed by atoms with E-state index < -0.39 is 0 Å². The fraction of sp³-hybridized carbons (Fsp3) is 0.429. The number of nitrogens with one attached hydrogen (secondary N) is 1. The standard InChI is InChI=1S/C28H35N3O4/c1-4-10-21-14-15-24(26(19-21)33-3)34-17-8-7-16-31-23-12-6-5-11-22(23)30-27(31)20(2)29-28(32)25-13-9-18-35-25/h4-6,10-12,14-15,19-20,25H,7-9,13,16-18H2,1-3H3,(H,29,32)/b10-4+. The fourth-order valence-electron chi connectivity index (χ4n) is 4.47. The van der Waals surface area contributed by atoms with E-state index in [-0.39, 0.29) is 18.1 Å². The van der Waals surface area contributed by atoms with Crippen LogP contribution in [0.2, 0.25) is 0 Å². The van der Waals surface area contributed by atoms with Crippen molar-refractivity contribution in [3.05, 3.63) is 59.9 Å². The zero-order chi connectivity index (χ0) is 24.6. The molecule has 1 N–H and O–H groups in total. The Morgan fingerprint density at radius 3 is 2.89 bits per heavy atom. The summed E-state index contributed by atoms with van der Waals surface area (Å²) in [7, 11) is 1.66. The van der Waals surface area contributed by atoms with E-state index in [2.05, 4.69) is 16.0 Å². The third-order valence-electron chi connectivity index (χ3n) is 6.23. The summed E-state index contributed by atoms with van der Waals surface area (Å²) < 4.78 is 19.3. The maximum atomic E-state index is 12.6. The number of methoxy groups -OCH3 is 1. The van der Waals surface area contributed by atoms with Crippen LogP contribution in [0, 0.1) is 0 Å². The molecule has 0 saturated carbocycles. The van der Waals surface area contributed by atoms with Gasteiger partial charge in [-0.1, -0.05) is 30.4 Å². The maximum Gasteiger partial charge on any atom is 0.249 e. The van der Waals surface area contributed by atoms with Gasteiger partial charge in [0.1, 0.15) is 11.9 Å². The number of benzene rings is 2. The van der Waals surface area contributed by atoms with E-state index in [0.717, 1.165) is 66.1 Å². The van der Waals surface area contributed by atoms with E-state index >= 15 is 0 Å². The number of ether oxygens (including phenoxy) is 3. The number of carbonyl (C=O) groups excluding carboxylic acids is 1. The van der Waals surface area contributed by atoms with Gasteiger partial charge < -0.3 is 24.1 Å². The third-order valence-corrected chi connectivity index (χ3v) is 6.23. The Morgan fingerprint density at radius 1 is 1.26 bits per heavy atom. The van der Waals surface area contributed by atoms with Crippen molar-refractivity contribution in [2.24, 2.45) is 0 Å². The van der Waals surface area contributed by atoms with Crippen LogP contribution in [-0.2, 0) is 16.1 Å². The number of rotatable bonds is 11. The molecule has 0 aliphatic carbocycles. The molecule has 1 aliphatic rings. The van der Waals surface area contributed by atoms with Crippen LogP contribution in [0.1, 0.15) is 57.0 Å². The molecular formula is C28H35N3O4. The molecule has 1 amide bonds. The van der Waals surface area contributed by atoms with Crippen LogP contribution < -0.4 is 14.8 Å². The molecule has 2 unspecified atom stereocenters. The van der Waals surface area contributed by atoms with E-state index in [4.69, 9.17) is 19.2 Å². The van der Waals surface area contributed by atoms with Crippen molar-refractivity contribution in [3.63, 3.8) is 0 Å². The van der Waals surface area contributed by atoms with Crippen molar-refractivity contribution in [2.75, 3.05) is 20.3 Å². The molecule has 3 aromatic rings. The van der Waals surface area contributed by atoms with E-state index in [0.29, 0.717) is 13.2 Å². The van der Waals surface area contributed by atoms with Crippen molar-refractivity contribution >= 4 is 23.0 Å². The molecule has 1 saturated heterocycles. The largest absolute Gasteiger partial charge is 0.493 e. The average molecular weight is 478 g/mol. The number of nitrogens with zero attached hydrogens (tertiary/aromatic N) is 2. The summed E-state index contributed by atoms with van der Waals surface area (Å²) in [6.45, 7) is 6.00. The molecule has 0 spiro atoms. The van der Waals surface area contributed by atoms with Crippen LogP contribution in [0.4, 0.5) is 0 Å². The predicted molar refractivity (Wildman–Crippen MR) is 138 cm³/mol. The number of unbranched alkanes of at least 4 members (excludes halogenated alkanes) is 1. The Morgan fingerprint density at radius 2 is 2.11 bits per heavy atom. The number of para-hydroxylation sites is 2. The minimum absolute atomic E-state index is 0.0589. The van der Waals surface area contributed by atoms with Crippen LogP contribution in [0.25, 0.3) is 17.1 Å². The van der Waals surface area contributed by atoms with Crippen LogP contribution in [0.15, 0.2) is 48.5 Å². The topological polar surface area (TPSA) is 74.6 Å². The lowest BCUT2D eigenvalue weighted by Gasteiger charge is -2.18.